The highest BCUT2D eigenvalue weighted by atomic mass is 35.7. The van der Waals surface area contributed by atoms with Crippen molar-refractivity contribution in [2.75, 3.05) is 42.3 Å². The van der Waals surface area contributed by atoms with E-state index in [1.54, 1.807) is 60.9 Å². The van der Waals surface area contributed by atoms with Crippen LogP contribution in [0.1, 0.15) is 206 Å². The molecule has 0 fully saturated rings. The van der Waals surface area contributed by atoms with Crippen LogP contribution in [-0.4, -0.2) is 170 Å². The number of nitrogens with zero attached hydrogens (tertiary/aromatic N) is 9. The van der Waals surface area contributed by atoms with Crippen molar-refractivity contribution in [2.24, 2.45) is 0 Å². The van der Waals surface area contributed by atoms with Gasteiger partial charge in [0.15, 0.2) is 11.5 Å². The normalized spacial score (nSPS) is 14.0. The van der Waals surface area contributed by atoms with Gasteiger partial charge in [0, 0.05) is 93.4 Å². The van der Waals surface area contributed by atoms with Gasteiger partial charge in [0.2, 0.25) is 0 Å². The molecule has 5 amide bonds. The molecule has 12 rings (SSSR count). The first-order valence-electron chi connectivity index (χ1n) is 40.6. The van der Waals surface area contributed by atoms with Crippen LogP contribution in [0.5, 0.6) is 34.5 Å². The number of rotatable bonds is 28. The molecule has 3 aromatic heterocycles. The summed E-state index contributed by atoms with van der Waals surface area (Å²) in [6.45, 7) is 42.3. The Morgan fingerprint density at radius 3 is 0.888 bits per heavy atom. The largest absolute Gasteiger partial charge is 0.541 e. The number of halogens is 4. The SMILES string of the molecule is C.C=C1c2c(c(O[Si](C(C)C)(C(C)C)C(C)C)c3ncccc3c2OS(=O)(=O)N(C)C)C(=O)N1Cc1ccc(F)cc1.CC(C)[Si](Oc1c2c(c(O)c3cccnc13)C(=O)N(Cc1ccc(F)cc1)C2=O)(C(C)C)C(C)C.CC(C)[Si](Oc1c2c(c(OS(=O)(=O)N(C)C)c3cccnc13)C(=O)N(Cc1ccc(F)cc1)C2=O)(C(C)C)C(C)C.CN(C)S(=O)(=O)Cl. The molecule has 6 aromatic carbocycles. The Labute approximate surface area is 740 Å². The van der Waals surface area contributed by atoms with E-state index in [4.69, 9.17) is 32.3 Å². The summed E-state index contributed by atoms with van der Waals surface area (Å²) in [5.74, 6) is -4.05. The van der Waals surface area contributed by atoms with Crippen LogP contribution >= 0.6 is 10.7 Å². The molecule has 0 aliphatic carbocycles. The number of phenolic OH excluding ortho intramolecular Hbond substituents is 1. The van der Waals surface area contributed by atoms with Gasteiger partial charge in [0.05, 0.1) is 47.5 Å². The molecule has 3 aliphatic heterocycles. The van der Waals surface area contributed by atoms with E-state index in [1.807, 2.05) is 0 Å². The van der Waals surface area contributed by atoms with Crippen LogP contribution in [-0.2, 0) is 49.5 Å². The maximum atomic E-state index is 14.3. The fraction of sp³-hybridized carbons (Fsp3) is 0.416. The van der Waals surface area contributed by atoms with Crippen LogP contribution in [0, 0.1) is 17.5 Å². The van der Waals surface area contributed by atoms with E-state index in [0.717, 1.165) is 22.7 Å². The Morgan fingerprint density at radius 2 is 0.608 bits per heavy atom. The molecule has 9 aromatic rings. The van der Waals surface area contributed by atoms with E-state index >= 15 is 0 Å². The molecule has 125 heavy (non-hydrogen) atoms. The predicted molar refractivity (Wildman–Crippen MR) is 490 cm³/mol. The molecular weight excluding hydrogens is 1740 g/mol. The van der Waals surface area contributed by atoms with Crippen LogP contribution in [0.2, 0.25) is 49.9 Å². The zero-order valence-corrected chi connectivity index (χ0v) is 80.6. The Bertz CT molecular complexity index is 5650. The summed E-state index contributed by atoms with van der Waals surface area (Å²) in [5.41, 5.74) is 4.75. The number of phenols is 1. The molecule has 0 atom stereocenters. The van der Waals surface area contributed by atoms with Crippen LogP contribution in [0.3, 0.4) is 0 Å². The first kappa shape index (κ1) is 101. The smallest absolute Gasteiger partial charge is 0.384 e. The van der Waals surface area contributed by atoms with Crippen LogP contribution in [0.25, 0.3) is 38.4 Å². The number of fused-ring (bicyclic) bond motifs is 6. The monoisotopic (exact) mass is 1850 g/mol. The number of amides is 5. The van der Waals surface area contributed by atoms with Crippen molar-refractivity contribution in [3.05, 3.63) is 202 Å². The first-order valence-corrected chi connectivity index (χ1v) is 52.1. The van der Waals surface area contributed by atoms with Gasteiger partial charge in [-0.25, -0.2) is 13.2 Å². The third kappa shape index (κ3) is 19.7. The summed E-state index contributed by atoms with van der Waals surface area (Å²) in [6.07, 6.45) is 4.69. The highest BCUT2D eigenvalue weighted by Crippen LogP contribution is 2.56. The molecule has 26 nitrogen and oxygen atoms in total. The third-order valence-corrected chi connectivity index (χ3v) is 45.4. The summed E-state index contributed by atoms with van der Waals surface area (Å²) < 4.78 is 148. The van der Waals surface area contributed by atoms with Gasteiger partial charge in [-0.3, -0.25) is 48.7 Å². The molecule has 1 N–H and O–H groups in total. The van der Waals surface area contributed by atoms with Crippen molar-refractivity contribution < 1.29 is 89.1 Å². The number of carbonyl (C=O) groups is 5. The molecule has 0 saturated heterocycles. The number of hydrogen-bond donors (Lipinski definition) is 1. The molecule has 0 bridgehead atoms. The minimum absolute atomic E-state index is 0. The molecule has 6 heterocycles. The van der Waals surface area contributed by atoms with E-state index in [1.165, 1.54) is 114 Å². The zero-order valence-electron chi connectivity index (χ0n) is 74.4. The standard InChI is InChI=1S/C30H38FN3O5SSi.C29H36FN3O6SSi.C27H31FN2O4Si.C2H6ClNO2S.CH4/c1-18(2)41(19(3)4,20(5)6)39-29-26-25(21(7)34(30(26)35)17-22-12-14-23(31)15-13-22)28(38-40(36,37)33(8)9)24-11-10-16-32-27(24)29;1-17(2)41(18(3)4,19(5)6)39-27-24-23(28(34)33(29(24)35)16-20-11-13-21(30)14-12-20)26(38-40(36,37)32(7)8)22-10-9-15-31-25(22)27;1-15(2)35(16(3)4,17(5)6)34-25-22-21(24(31)20-8-7-13-29-23(20)25)26(32)30(27(22)33)14-18-9-11-19(28)12-10-18;1-4(2)7(3,5)6;/h10-16,18-20H,7,17H2,1-6,8-9H3;9-15,17-19H,16H2,1-8H3;7-13,15-17,31H,14H2,1-6H3;1-2H3;1H4. The lowest BCUT2D eigenvalue weighted by Gasteiger charge is -2.42. The molecule has 0 spiro atoms. The van der Waals surface area contributed by atoms with Gasteiger partial charge in [-0.05, 0) is 139 Å². The number of hydrogen-bond acceptors (Lipinski definition) is 20. The van der Waals surface area contributed by atoms with E-state index in [-0.39, 0.29) is 156 Å². The van der Waals surface area contributed by atoms with E-state index in [2.05, 4.69) is 146 Å². The highest BCUT2D eigenvalue weighted by molar-refractivity contribution is 8.11. The molecule has 36 heteroatoms. The van der Waals surface area contributed by atoms with Crippen molar-refractivity contribution in [2.45, 2.75) is 202 Å². The second kappa shape index (κ2) is 39.3. The van der Waals surface area contributed by atoms with Crippen molar-refractivity contribution in [3.63, 3.8) is 0 Å². The van der Waals surface area contributed by atoms with Gasteiger partial charge in [0.1, 0.15) is 62.6 Å². The summed E-state index contributed by atoms with van der Waals surface area (Å²) in [5, 5.41) is 12.1. The maximum absolute atomic E-state index is 14.3. The van der Waals surface area contributed by atoms with E-state index in [0.29, 0.717) is 44.2 Å². The lowest BCUT2D eigenvalue weighted by molar-refractivity contribution is 0.0625. The minimum Gasteiger partial charge on any atom is -0.541 e. The van der Waals surface area contributed by atoms with Crippen molar-refractivity contribution >= 4 is 133 Å². The van der Waals surface area contributed by atoms with Crippen molar-refractivity contribution in [1.82, 2.24) is 42.6 Å². The van der Waals surface area contributed by atoms with Gasteiger partial charge in [-0.2, -0.15) is 38.2 Å². The van der Waals surface area contributed by atoms with E-state index < -0.39 is 102 Å². The summed E-state index contributed by atoms with van der Waals surface area (Å²) >= 11 is 0. The van der Waals surface area contributed by atoms with Crippen LogP contribution in [0.4, 0.5) is 13.2 Å². The minimum atomic E-state index is -4.32. The molecule has 3 aliphatic rings. The van der Waals surface area contributed by atoms with Gasteiger partial charge >= 0.3 is 20.6 Å². The number of carbonyl (C=O) groups excluding carboxylic acids is 5. The number of pyridine rings is 3. The second-order valence-electron chi connectivity index (χ2n) is 34.2. The highest BCUT2D eigenvalue weighted by Gasteiger charge is 2.55. The fourth-order valence-electron chi connectivity index (χ4n) is 17.4. The fourth-order valence-corrected chi connectivity index (χ4v) is 34.2. The average molecular weight is 1860 g/mol. The molecule has 0 saturated carbocycles. The Kier molecular flexibility index (Phi) is 31.6. The Balaban J connectivity index is 0.000000223. The Morgan fingerprint density at radius 1 is 0.376 bits per heavy atom. The first-order chi connectivity index (χ1) is 57.7. The topological polar surface area (TPSA) is 312 Å². The number of imide groups is 2. The predicted octanol–water partition coefficient (Wildman–Crippen LogP) is 19.7. The third-order valence-electron chi connectivity index (χ3n) is 23.3. The van der Waals surface area contributed by atoms with Crippen LogP contribution < -0.4 is 21.6 Å². The second-order valence-corrected chi connectivity index (χ2v) is 56.5. The zero-order chi connectivity index (χ0) is 92.6. The van der Waals surface area contributed by atoms with Gasteiger partial charge < -0.3 is 31.7 Å². The molecule has 0 unspecified atom stereocenters. The maximum Gasteiger partial charge on any atom is 0.384 e. The number of aromatic hydroxyl groups is 1. The lowest BCUT2D eigenvalue weighted by atomic mass is 10.0. The molecule has 676 valence electrons. The quantitative estimate of drug-likeness (QED) is 0.0270. The number of benzene rings is 6. The number of aromatic nitrogens is 3. The van der Waals surface area contributed by atoms with Gasteiger partial charge in [-0.15, -0.1) is 0 Å². The lowest BCUT2D eigenvalue weighted by Crippen LogP contribution is -2.51. The van der Waals surface area contributed by atoms with Crippen molar-refractivity contribution in [1.29, 1.82) is 0 Å². The van der Waals surface area contributed by atoms with Gasteiger partial charge in [0.25, 0.3) is 63.7 Å². The van der Waals surface area contributed by atoms with Gasteiger partial charge in [-0.1, -0.05) is 175 Å². The van der Waals surface area contributed by atoms with Crippen molar-refractivity contribution in [3.8, 4) is 34.5 Å². The van der Waals surface area contributed by atoms with Crippen LogP contribution in [0.15, 0.2) is 134 Å². The summed E-state index contributed by atoms with van der Waals surface area (Å²) in [6, 6.07) is 26.8. The molecular formula is C89H115ClF3N9O17S3Si3. The Hall–Kier alpha value is -9.70. The summed E-state index contributed by atoms with van der Waals surface area (Å²) in [7, 11) is -7.01. The average Bonchev–Trinajstić information content (AvgIpc) is 1.65. The summed E-state index contributed by atoms with van der Waals surface area (Å²) in [4.78, 5) is 86.7. The molecule has 0 radical (unpaired) electrons. The van der Waals surface area contributed by atoms with E-state index in [9.17, 15) is 67.5 Å².